The Hall–Kier alpha value is -3.31. The highest BCUT2D eigenvalue weighted by Gasteiger charge is 2.20. The molecule has 0 spiro atoms. The van der Waals surface area contributed by atoms with Gasteiger partial charge in [-0.2, -0.15) is 0 Å². The van der Waals surface area contributed by atoms with Gasteiger partial charge in [0.05, 0.1) is 5.39 Å². The maximum Gasteiger partial charge on any atom is 0.209 e. The number of aromatic amines is 1. The van der Waals surface area contributed by atoms with E-state index in [1.165, 1.54) is 6.07 Å². The Balaban J connectivity index is 1.77. The normalized spacial score (nSPS) is 11.2. The first kappa shape index (κ1) is 18.1. The molecular formula is C23H22N2O3. The summed E-state index contributed by atoms with van der Waals surface area (Å²) in [7, 11) is 4.03. The van der Waals surface area contributed by atoms with E-state index in [0.29, 0.717) is 23.5 Å². The Labute approximate surface area is 163 Å². The van der Waals surface area contributed by atoms with Crippen molar-refractivity contribution in [1.29, 1.82) is 0 Å². The molecule has 0 radical (unpaired) electrons. The zero-order chi connectivity index (χ0) is 19.5. The second-order valence-electron chi connectivity index (χ2n) is 6.89. The van der Waals surface area contributed by atoms with Gasteiger partial charge in [0, 0.05) is 29.9 Å². The van der Waals surface area contributed by atoms with E-state index in [1.54, 1.807) is 6.20 Å². The molecule has 2 aromatic heterocycles. The molecule has 0 bridgehead atoms. The standard InChI is InChI=1S/C23H22N2O3/c1-25(2)14-15-27-18-10-8-17(9-11-18)22-20(16-6-4-3-5-7-16)21-19(26)12-13-24-23(21)28-22/h3-13H,14-15H2,1-2H3,(H,24,26). The van der Waals surface area contributed by atoms with Gasteiger partial charge in [-0.25, -0.2) is 0 Å². The van der Waals surface area contributed by atoms with Gasteiger partial charge in [-0.05, 0) is 43.9 Å². The predicted molar refractivity (Wildman–Crippen MR) is 112 cm³/mol. The van der Waals surface area contributed by atoms with Crippen molar-refractivity contribution in [3.05, 3.63) is 77.1 Å². The van der Waals surface area contributed by atoms with Crippen LogP contribution in [0.3, 0.4) is 0 Å². The lowest BCUT2D eigenvalue weighted by Gasteiger charge is -2.11. The highest BCUT2D eigenvalue weighted by Crippen LogP contribution is 2.39. The SMILES string of the molecule is CN(C)CCOc1ccc(-c2oc3[nH]ccc(=O)c3c2-c2ccccc2)cc1. The van der Waals surface area contributed by atoms with Crippen LogP contribution in [0.25, 0.3) is 33.6 Å². The predicted octanol–water partition coefficient (Wildman–Crippen LogP) is 4.40. The summed E-state index contributed by atoms with van der Waals surface area (Å²) < 4.78 is 11.8. The number of ether oxygens (including phenoxy) is 1. The maximum absolute atomic E-state index is 12.5. The minimum Gasteiger partial charge on any atom is -0.492 e. The minimum atomic E-state index is -0.0637. The van der Waals surface area contributed by atoms with Crippen LogP contribution in [0.15, 0.2) is 76.1 Å². The number of likely N-dealkylation sites (N-methyl/N-ethyl adjacent to an activating group) is 1. The summed E-state index contributed by atoms with van der Waals surface area (Å²) in [6.07, 6.45) is 1.61. The molecule has 28 heavy (non-hydrogen) atoms. The van der Waals surface area contributed by atoms with Crippen LogP contribution >= 0.6 is 0 Å². The van der Waals surface area contributed by atoms with Crippen molar-refractivity contribution in [2.45, 2.75) is 0 Å². The second kappa shape index (κ2) is 7.74. The topological polar surface area (TPSA) is 58.5 Å². The Morgan fingerprint density at radius 1 is 0.964 bits per heavy atom. The first-order valence-corrected chi connectivity index (χ1v) is 9.21. The molecule has 0 unspecified atom stereocenters. The largest absolute Gasteiger partial charge is 0.492 e. The minimum absolute atomic E-state index is 0.0637. The first-order chi connectivity index (χ1) is 13.6. The number of nitrogens with one attached hydrogen (secondary N) is 1. The zero-order valence-corrected chi connectivity index (χ0v) is 15.9. The lowest BCUT2D eigenvalue weighted by atomic mass is 9.99. The van der Waals surface area contributed by atoms with Crippen LogP contribution in [0.5, 0.6) is 5.75 Å². The van der Waals surface area contributed by atoms with Gasteiger partial charge >= 0.3 is 0 Å². The van der Waals surface area contributed by atoms with Crippen LogP contribution in [0.2, 0.25) is 0 Å². The van der Waals surface area contributed by atoms with E-state index in [1.807, 2.05) is 68.7 Å². The number of hydrogen-bond acceptors (Lipinski definition) is 4. The first-order valence-electron chi connectivity index (χ1n) is 9.21. The highest BCUT2D eigenvalue weighted by molar-refractivity contribution is 6.00. The van der Waals surface area contributed by atoms with Crippen LogP contribution in [0.1, 0.15) is 0 Å². The Morgan fingerprint density at radius 2 is 1.71 bits per heavy atom. The van der Waals surface area contributed by atoms with Crippen molar-refractivity contribution in [2.75, 3.05) is 27.2 Å². The van der Waals surface area contributed by atoms with E-state index in [2.05, 4.69) is 9.88 Å². The van der Waals surface area contributed by atoms with Crippen molar-refractivity contribution in [3.63, 3.8) is 0 Å². The van der Waals surface area contributed by atoms with Gasteiger partial charge in [-0.3, -0.25) is 4.79 Å². The fourth-order valence-corrected chi connectivity index (χ4v) is 3.18. The van der Waals surface area contributed by atoms with Crippen molar-refractivity contribution in [3.8, 4) is 28.2 Å². The van der Waals surface area contributed by atoms with E-state index < -0.39 is 0 Å². The van der Waals surface area contributed by atoms with Gasteiger partial charge in [0.15, 0.2) is 5.43 Å². The van der Waals surface area contributed by atoms with E-state index >= 15 is 0 Å². The Morgan fingerprint density at radius 3 is 2.43 bits per heavy atom. The van der Waals surface area contributed by atoms with Crippen LogP contribution in [-0.2, 0) is 0 Å². The average molecular weight is 374 g/mol. The van der Waals surface area contributed by atoms with Crippen molar-refractivity contribution < 1.29 is 9.15 Å². The second-order valence-corrected chi connectivity index (χ2v) is 6.89. The summed E-state index contributed by atoms with van der Waals surface area (Å²) in [6.45, 7) is 1.48. The molecule has 4 rings (SSSR count). The van der Waals surface area contributed by atoms with Crippen LogP contribution in [0, 0.1) is 0 Å². The third-order valence-corrected chi connectivity index (χ3v) is 4.59. The molecule has 0 saturated heterocycles. The summed E-state index contributed by atoms with van der Waals surface area (Å²) in [4.78, 5) is 17.7. The van der Waals surface area contributed by atoms with Crippen LogP contribution in [0.4, 0.5) is 0 Å². The number of aromatic nitrogens is 1. The van der Waals surface area contributed by atoms with E-state index in [4.69, 9.17) is 9.15 Å². The number of hydrogen-bond donors (Lipinski definition) is 1. The molecule has 0 atom stereocenters. The summed E-state index contributed by atoms with van der Waals surface area (Å²) in [5.74, 6) is 1.47. The molecule has 0 aliphatic carbocycles. The smallest absolute Gasteiger partial charge is 0.209 e. The molecule has 2 aromatic carbocycles. The van der Waals surface area contributed by atoms with E-state index in [9.17, 15) is 4.79 Å². The van der Waals surface area contributed by atoms with Gasteiger partial charge in [-0.1, -0.05) is 30.3 Å². The number of rotatable bonds is 6. The molecule has 1 N–H and O–H groups in total. The molecule has 2 heterocycles. The molecule has 4 aromatic rings. The number of pyridine rings is 1. The Bertz CT molecular complexity index is 1130. The van der Waals surface area contributed by atoms with Gasteiger partial charge in [0.1, 0.15) is 18.1 Å². The van der Waals surface area contributed by atoms with Gasteiger partial charge in [0.25, 0.3) is 0 Å². The molecule has 5 nitrogen and oxygen atoms in total. The molecule has 0 amide bonds. The number of nitrogens with zero attached hydrogens (tertiary/aromatic N) is 1. The summed E-state index contributed by atoms with van der Waals surface area (Å²) in [5, 5.41) is 0.565. The fourth-order valence-electron chi connectivity index (χ4n) is 3.18. The average Bonchev–Trinajstić information content (AvgIpc) is 3.10. The summed E-state index contributed by atoms with van der Waals surface area (Å²) in [6, 6.07) is 19.1. The van der Waals surface area contributed by atoms with Crippen molar-refractivity contribution in [2.24, 2.45) is 0 Å². The van der Waals surface area contributed by atoms with Gasteiger partial charge < -0.3 is 19.0 Å². The number of H-pyrrole nitrogens is 1. The molecule has 5 heteroatoms. The van der Waals surface area contributed by atoms with Gasteiger partial charge in [0.2, 0.25) is 5.71 Å². The zero-order valence-electron chi connectivity index (χ0n) is 15.9. The van der Waals surface area contributed by atoms with E-state index in [-0.39, 0.29) is 5.43 Å². The Kier molecular flexibility index (Phi) is 5.00. The number of benzene rings is 2. The van der Waals surface area contributed by atoms with Gasteiger partial charge in [-0.15, -0.1) is 0 Å². The highest BCUT2D eigenvalue weighted by atomic mass is 16.5. The monoisotopic (exact) mass is 374 g/mol. The fraction of sp³-hybridized carbons (Fsp3) is 0.174. The van der Waals surface area contributed by atoms with Crippen LogP contribution in [-0.4, -0.2) is 37.1 Å². The van der Waals surface area contributed by atoms with Crippen molar-refractivity contribution in [1.82, 2.24) is 9.88 Å². The molecule has 142 valence electrons. The molecule has 0 fully saturated rings. The summed E-state index contributed by atoms with van der Waals surface area (Å²) >= 11 is 0. The molecule has 0 saturated carbocycles. The van der Waals surface area contributed by atoms with Crippen LogP contribution < -0.4 is 10.2 Å². The number of furan rings is 1. The molecular weight excluding hydrogens is 352 g/mol. The van der Waals surface area contributed by atoms with E-state index in [0.717, 1.165) is 29.0 Å². The lowest BCUT2D eigenvalue weighted by molar-refractivity contribution is 0.261. The summed E-state index contributed by atoms with van der Waals surface area (Å²) in [5.41, 5.74) is 3.06. The number of fused-ring (bicyclic) bond motifs is 1. The third-order valence-electron chi connectivity index (χ3n) is 4.59. The third kappa shape index (κ3) is 3.57. The lowest BCUT2D eigenvalue weighted by Crippen LogP contribution is -2.19. The molecule has 0 aliphatic rings. The quantitative estimate of drug-likeness (QED) is 0.544. The maximum atomic E-state index is 12.5. The van der Waals surface area contributed by atoms with Crippen molar-refractivity contribution >= 4 is 11.1 Å². The molecule has 0 aliphatic heterocycles.